The minimum Gasteiger partial charge on any atom is -0.351 e. The van der Waals surface area contributed by atoms with Gasteiger partial charge in [-0.1, -0.05) is 0 Å². The zero-order valence-corrected chi connectivity index (χ0v) is 14.1. The van der Waals surface area contributed by atoms with Crippen LogP contribution >= 0.6 is 11.3 Å². The summed E-state index contributed by atoms with van der Waals surface area (Å²) in [6, 6.07) is 3.79. The number of fused-ring (bicyclic) bond motifs is 1. The summed E-state index contributed by atoms with van der Waals surface area (Å²) in [6.07, 6.45) is 3.32. The van der Waals surface area contributed by atoms with E-state index >= 15 is 0 Å². The van der Waals surface area contributed by atoms with Crippen LogP contribution in [-0.4, -0.2) is 61.9 Å². The fraction of sp³-hybridized carbons (Fsp3) is 0.357. The number of hydrogen-bond donors (Lipinski definition) is 1. The third kappa shape index (κ3) is 2.64. The lowest BCUT2D eigenvalue weighted by molar-refractivity contribution is 0.191. The smallest absolute Gasteiger partial charge is 0.323 e. The molecule has 0 spiro atoms. The van der Waals surface area contributed by atoms with E-state index in [9.17, 15) is 4.79 Å². The summed E-state index contributed by atoms with van der Waals surface area (Å²) in [7, 11) is 1.80. The first-order valence-corrected chi connectivity index (χ1v) is 8.30. The van der Waals surface area contributed by atoms with Crippen LogP contribution in [0.25, 0.3) is 5.65 Å². The van der Waals surface area contributed by atoms with Crippen molar-refractivity contribution in [3.8, 4) is 0 Å². The number of amides is 2. The van der Waals surface area contributed by atoms with Crippen molar-refractivity contribution in [1.82, 2.24) is 29.7 Å². The third-order valence-electron chi connectivity index (χ3n) is 4.04. The summed E-state index contributed by atoms with van der Waals surface area (Å²) in [5.41, 5.74) is 0.714. The molecular weight excluding hydrogens is 328 g/mol. The maximum atomic E-state index is 12.3. The van der Waals surface area contributed by atoms with E-state index in [0.717, 1.165) is 23.8 Å². The molecule has 10 heteroatoms. The number of carbonyl (C=O) groups excluding carboxylic acids is 1. The molecule has 0 unspecified atom stereocenters. The van der Waals surface area contributed by atoms with Crippen LogP contribution in [0.2, 0.25) is 0 Å². The van der Waals surface area contributed by atoms with Gasteiger partial charge in [-0.15, -0.1) is 26.6 Å². The molecule has 2 amide bonds. The Labute approximate surface area is 141 Å². The fourth-order valence-electron chi connectivity index (χ4n) is 2.53. The largest absolute Gasteiger partial charge is 0.351 e. The van der Waals surface area contributed by atoms with Crippen molar-refractivity contribution in [3.05, 3.63) is 29.5 Å². The average molecular weight is 344 g/mol. The van der Waals surface area contributed by atoms with Gasteiger partial charge in [0, 0.05) is 31.2 Å². The van der Waals surface area contributed by atoms with Crippen molar-refractivity contribution in [1.29, 1.82) is 0 Å². The molecule has 0 atom stereocenters. The molecule has 1 aliphatic rings. The number of thiazole rings is 1. The Hall–Kier alpha value is -2.75. The van der Waals surface area contributed by atoms with Gasteiger partial charge in [0.15, 0.2) is 10.8 Å². The standard InChI is InChI=1S/C14H16N8OS/c1-9-5-15-13(24-9)17-14(23)20(2)10-6-21(7-10)12-4-3-11-18-16-8-22(11)19-12/h3-5,8,10H,6-7H2,1-2H3,(H,15,17,23). The number of aromatic nitrogens is 5. The summed E-state index contributed by atoms with van der Waals surface area (Å²) in [5, 5.41) is 15.7. The normalized spacial score (nSPS) is 14.7. The summed E-state index contributed by atoms with van der Waals surface area (Å²) in [6.45, 7) is 3.43. The van der Waals surface area contributed by atoms with Gasteiger partial charge >= 0.3 is 6.03 Å². The summed E-state index contributed by atoms with van der Waals surface area (Å²) in [4.78, 5) is 21.3. The molecule has 9 nitrogen and oxygen atoms in total. The van der Waals surface area contributed by atoms with Crippen molar-refractivity contribution in [2.45, 2.75) is 13.0 Å². The molecule has 0 bridgehead atoms. The average Bonchev–Trinajstić information content (AvgIpc) is 3.13. The molecule has 124 valence electrons. The maximum absolute atomic E-state index is 12.3. The highest BCUT2D eigenvalue weighted by atomic mass is 32.1. The monoisotopic (exact) mass is 344 g/mol. The van der Waals surface area contributed by atoms with E-state index in [1.807, 2.05) is 19.1 Å². The number of hydrogen-bond acceptors (Lipinski definition) is 7. The molecule has 0 saturated carbocycles. The van der Waals surface area contributed by atoms with Gasteiger partial charge in [-0.2, -0.15) is 4.52 Å². The van der Waals surface area contributed by atoms with Gasteiger partial charge in [0.05, 0.1) is 6.04 Å². The second kappa shape index (κ2) is 5.71. The number of anilines is 2. The van der Waals surface area contributed by atoms with E-state index in [-0.39, 0.29) is 12.1 Å². The van der Waals surface area contributed by atoms with Crippen LogP contribution < -0.4 is 10.2 Å². The zero-order valence-electron chi connectivity index (χ0n) is 13.2. The molecule has 1 saturated heterocycles. The molecular formula is C14H16N8OS. The molecule has 1 aliphatic heterocycles. The first-order valence-electron chi connectivity index (χ1n) is 7.48. The number of aryl methyl sites for hydroxylation is 1. The van der Waals surface area contributed by atoms with Crippen molar-refractivity contribution >= 4 is 34.0 Å². The molecule has 1 N–H and O–H groups in total. The van der Waals surface area contributed by atoms with E-state index in [1.165, 1.54) is 11.3 Å². The van der Waals surface area contributed by atoms with Gasteiger partial charge in [0.2, 0.25) is 0 Å². The molecule has 24 heavy (non-hydrogen) atoms. The minimum absolute atomic E-state index is 0.142. The van der Waals surface area contributed by atoms with Crippen LogP contribution in [0.1, 0.15) is 4.88 Å². The van der Waals surface area contributed by atoms with E-state index in [2.05, 4.69) is 30.5 Å². The van der Waals surface area contributed by atoms with Crippen LogP contribution in [0.3, 0.4) is 0 Å². The van der Waals surface area contributed by atoms with Crippen molar-refractivity contribution in [2.24, 2.45) is 0 Å². The highest BCUT2D eigenvalue weighted by Crippen LogP contribution is 2.22. The van der Waals surface area contributed by atoms with Gasteiger partial charge in [0.1, 0.15) is 12.1 Å². The number of nitrogens with zero attached hydrogens (tertiary/aromatic N) is 7. The minimum atomic E-state index is -0.142. The third-order valence-corrected chi connectivity index (χ3v) is 4.87. The molecule has 0 aliphatic carbocycles. The Bertz CT molecular complexity index is 884. The number of urea groups is 1. The van der Waals surface area contributed by atoms with E-state index in [0.29, 0.717) is 10.8 Å². The summed E-state index contributed by atoms with van der Waals surface area (Å²) < 4.78 is 1.64. The molecule has 3 aromatic heterocycles. The van der Waals surface area contributed by atoms with Gasteiger partial charge < -0.3 is 9.80 Å². The van der Waals surface area contributed by atoms with Crippen LogP contribution in [0.5, 0.6) is 0 Å². The lowest BCUT2D eigenvalue weighted by atomic mass is 10.1. The Kier molecular flexibility index (Phi) is 3.53. The second-order valence-electron chi connectivity index (χ2n) is 5.70. The SMILES string of the molecule is Cc1cnc(NC(=O)N(C)C2CN(c3ccc4nncn4n3)C2)s1. The van der Waals surface area contributed by atoms with Gasteiger partial charge in [-0.05, 0) is 19.1 Å². The van der Waals surface area contributed by atoms with Gasteiger partial charge in [-0.25, -0.2) is 9.78 Å². The van der Waals surface area contributed by atoms with Crippen molar-refractivity contribution in [2.75, 3.05) is 30.4 Å². The molecule has 1 fully saturated rings. The second-order valence-corrected chi connectivity index (χ2v) is 6.94. The van der Waals surface area contributed by atoms with Crippen LogP contribution in [0.15, 0.2) is 24.7 Å². The highest BCUT2D eigenvalue weighted by molar-refractivity contribution is 7.15. The van der Waals surface area contributed by atoms with E-state index in [4.69, 9.17) is 0 Å². The Morgan fingerprint density at radius 3 is 3.00 bits per heavy atom. The quantitative estimate of drug-likeness (QED) is 0.769. The van der Waals surface area contributed by atoms with Crippen LogP contribution in [-0.2, 0) is 0 Å². The first-order chi connectivity index (χ1) is 11.6. The molecule has 3 aromatic rings. The number of rotatable bonds is 3. The first kappa shape index (κ1) is 14.8. The Balaban J connectivity index is 1.36. The van der Waals surface area contributed by atoms with Crippen LogP contribution in [0.4, 0.5) is 15.7 Å². The van der Waals surface area contributed by atoms with Crippen LogP contribution in [0, 0.1) is 6.92 Å². The molecule has 4 heterocycles. The van der Waals surface area contributed by atoms with Crippen molar-refractivity contribution in [3.63, 3.8) is 0 Å². The van der Waals surface area contributed by atoms with E-state index < -0.39 is 0 Å². The van der Waals surface area contributed by atoms with Gasteiger partial charge in [-0.3, -0.25) is 5.32 Å². The molecule has 4 rings (SSSR count). The lowest BCUT2D eigenvalue weighted by Crippen LogP contribution is -2.60. The van der Waals surface area contributed by atoms with E-state index in [1.54, 1.807) is 29.0 Å². The number of carbonyl (C=O) groups is 1. The van der Waals surface area contributed by atoms with Crippen molar-refractivity contribution < 1.29 is 4.79 Å². The fourth-order valence-corrected chi connectivity index (χ4v) is 3.19. The number of likely N-dealkylation sites (N-methyl/N-ethyl adjacent to an activating group) is 1. The molecule has 0 radical (unpaired) electrons. The Morgan fingerprint density at radius 1 is 1.42 bits per heavy atom. The molecule has 0 aromatic carbocycles. The number of nitrogens with one attached hydrogen (secondary N) is 1. The zero-order chi connectivity index (χ0) is 16.7. The summed E-state index contributed by atoms with van der Waals surface area (Å²) >= 11 is 1.47. The Morgan fingerprint density at radius 2 is 2.25 bits per heavy atom. The maximum Gasteiger partial charge on any atom is 0.323 e. The lowest BCUT2D eigenvalue weighted by Gasteiger charge is -2.44. The predicted octanol–water partition coefficient (Wildman–Crippen LogP) is 1.24. The predicted molar refractivity (Wildman–Crippen MR) is 90.4 cm³/mol. The van der Waals surface area contributed by atoms with Gasteiger partial charge in [0.25, 0.3) is 0 Å². The summed E-state index contributed by atoms with van der Waals surface area (Å²) in [5.74, 6) is 0.850. The highest BCUT2D eigenvalue weighted by Gasteiger charge is 2.33. The topological polar surface area (TPSA) is 91.5 Å².